The van der Waals surface area contributed by atoms with Crippen LogP contribution in [0.15, 0.2) is 23.2 Å². The molecule has 4 atom stereocenters. The summed E-state index contributed by atoms with van der Waals surface area (Å²) in [6, 6.07) is 4.26. The molecule has 0 bridgehead atoms. The molecule has 26 heavy (non-hydrogen) atoms. The highest BCUT2D eigenvalue weighted by molar-refractivity contribution is 7.85. The van der Waals surface area contributed by atoms with Crippen molar-refractivity contribution in [3.8, 4) is 0 Å². The van der Waals surface area contributed by atoms with Gasteiger partial charge < -0.3 is 10.6 Å². The van der Waals surface area contributed by atoms with Crippen molar-refractivity contribution in [1.29, 1.82) is 0 Å². The molecule has 0 spiro atoms. The molecule has 1 aliphatic carbocycles. The molecule has 1 fully saturated rings. The molecule has 146 valence electrons. The Morgan fingerprint density at radius 3 is 2.77 bits per heavy atom. The van der Waals surface area contributed by atoms with E-state index in [4.69, 9.17) is 0 Å². The summed E-state index contributed by atoms with van der Waals surface area (Å²) in [5.41, 5.74) is 0.739. The molecule has 0 amide bonds. The molecule has 0 saturated heterocycles. The van der Waals surface area contributed by atoms with Gasteiger partial charge in [0.15, 0.2) is 17.6 Å². The Kier molecular flexibility index (Phi) is 8.00. The van der Waals surface area contributed by atoms with Gasteiger partial charge in [-0.3, -0.25) is 9.20 Å². The number of nitrogens with one attached hydrogen (secondary N) is 2. The Labute approximate surface area is 157 Å². The van der Waals surface area contributed by atoms with Crippen LogP contribution in [0.25, 0.3) is 0 Å². The minimum atomic E-state index is -0.831. The highest BCUT2D eigenvalue weighted by Gasteiger charge is 2.26. The molecular weight excluding hydrogens is 356 g/mol. The van der Waals surface area contributed by atoms with Crippen molar-refractivity contribution in [3.05, 3.63) is 35.4 Å². The predicted molar refractivity (Wildman–Crippen MR) is 104 cm³/mol. The molecule has 1 saturated carbocycles. The summed E-state index contributed by atoms with van der Waals surface area (Å²) in [7, 11) is 0.953. The molecule has 4 nitrogen and oxygen atoms in total. The molecular formula is C19H29F2N3OS. The van der Waals surface area contributed by atoms with Crippen LogP contribution < -0.4 is 10.6 Å². The molecule has 1 aliphatic rings. The predicted octanol–water partition coefficient (Wildman–Crippen LogP) is 3.31. The lowest BCUT2D eigenvalue weighted by Gasteiger charge is -2.30. The van der Waals surface area contributed by atoms with Gasteiger partial charge in [-0.05, 0) is 42.9 Å². The fourth-order valence-corrected chi connectivity index (χ4v) is 4.67. The van der Waals surface area contributed by atoms with Crippen molar-refractivity contribution in [1.82, 2.24) is 10.6 Å². The van der Waals surface area contributed by atoms with Gasteiger partial charge in [-0.1, -0.05) is 26.3 Å². The SMILES string of the molecule is CCS(=O)C1CCCC(NC(=NC)NCC(C)c2ccc(F)c(F)c2)C1. The maximum atomic E-state index is 13.4. The fourth-order valence-electron chi connectivity index (χ4n) is 3.33. The largest absolute Gasteiger partial charge is 0.356 e. The zero-order chi connectivity index (χ0) is 19.1. The van der Waals surface area contributed by atoms with Crippen LogP contribution in [0.3, 0.4) is 0 Å². The van der Waals surface area contributed by atoms with Gasteiger partial charge in [0, 0.05) is 41.4 Å². The van der Waals surface area contributed by atoms with Gasteiger partial charge in [-0.2, -0.15) is 0 Å². The Morgan fingerprint density at radius 2 is 2.12 bits per heavy atom. The zero-order valence-electron chi connectivity index (χ0n) is 15.7. The van der Waals surface area contributed by atoms with E-state index in [1.807, 2.05) is 13.8 Å². The summed E-state index contributed by atoms with van der Waals surface area (Å²) in [6.07, 6.45) is 4.02. The molecule has 0 heterocycles. The Bertz CT molecular complexity index is 654. The van der Waals surface area contributed by atoms with Crippen molar-refractivity contribution >= 4 is 16.8 Å². The van der Waals surface area contributed by atoms with Crippen molar-refractivity contribution < 1.29 is 13.0 Å². The Balaban J connectivity index is 1.87. The molecule has 1 aromatic carbocycles. The van der Waals surface area contributed by atoms with Gasteiger partial charge in [-0.15, -0.1) is 0 Å². The van der Waals surface area contributed by atoms with Crippen molar-refractivity contribution in [2.75, 3.05) is 19.3 Å². The minimum absolute atomic E-state index is 0.00958. The number of aliphatic imine (C=N–C) groups is 1. The molecule has 0 aliphatic heterocycles. The Morgan fingerprint density at radius 1 is 1.35 bits per heavy atom. The van der Waals surface area contributed by atoms with Gasteiger partial charge in [0.2, 0.25) is 0 Å². The van der Waals surface area contributed by atoms with Gasteiger partial charge in [0.25, 0.3) is 0 Å². The standard InChI is InChI=1S/C19H29F2N3OS/c1-4-26(25)16-7-5-6-15(11-16)24-19(22-3)23-12-13(2)14-8-9-17(20)18(21)10-14/h8-10,13,15-16H,4-7,11-12H2,1-3H3,(H2,22,23,24). The molecule has 7 heteroatoms. The summed E-state index contributed by atoms with van der Waals surface area (Å²) in [5.74, 6) is -0.254. The lowest BCUT2D eigenvalue weighted by atomic mass is 9.95. The first-order valence-corrected chi connectivity index (χ1v) is 10.6. The first-order chi connectivity index (χ1) is 12.4. The third-order valence-electron chi connectivity index (χ3n) is 4.94. The smallest absolute Gasteiger partial charge is 0.191 e. The van der Waals surface area contributed by atoms with E-state index in [2.05, 4.69) is 15.6 Å². The van der Waals surface area contributed by atoms with Gasteiger partial charge in [-0.25, -0.2) is 8.78 Å². The molecule has 2 N–H and O–H groups in total. The normalized spacial score (nSPS) is 23.3. The zero-order valence-corrected chi connectivity index (χ0v) is 16.5. The first kappa shape index (κ1) is 20.8. The number of guanidine groups is 1. The molecule has 0 aromatic heterocycles. The number of benzene rings is 1. The van der Waals surface area contributed by atoms with E-state index < -0.39 is 22.4 Å². The average molecular weight is 386 g/mol. The summed E-state index contributed by atoms with van der Waals surface area (Å²) >= 11 is 0. The summed E-state index contributed by atoms with van der Waals surface area (Å²) in [5, 5.41) is 6.92. The van der Waals surface area contributed by atoms with Crippen LogP contribution in [0.1, 0.15) is 51.0 Å². The van der Waals surface area contributed by atoms with Crippen molar-refractivity contribution in [2.45, 2.75) is 56.7 Å². The summed E-state index contributed by atoms with van der Waals surface area (Å²) in [6.45, 7) is 4.48. The van der Waals surface area contributed by atoms with Crippen LogP contribution in [0.2, 0.25) is 0 Å². The van der Waals surface area contributed by atoms with Gasteiger partial charge >= 0.3 is 0 Å². The van der Waals surface area contributed by atoms with Crippen LogP contribution in [0, 0.1) is 11.6 Å². The highest BCUT2D eigenvalue weighted by Crippen LogP contribution is 2.23. The fraction of sp³-hybridized carbons (Fsp3) is 0.632. The number of hydrogen-bond acceptors (Lipinski definition) is 2. The third kappa shape index (κ3) is 5.76. The van der Waals surface area contributed by atoms with E-state index in [0.717, 1.165) is 37.3 Å². The average Bonchev–Trinajstić information content (AvgIpc) is 2.66. The summed E-state index contributed by atoms with van der Waals surface area (Å²) in [4.78, 5) is 4.25. The minimum Gasteiger partial charge on any atom is -0.356 e. The number of rotatable bonds is 6. The van der Waals surface area contributed by atoms with E-state index >= 15 is 0 Å². The second kappa shape index (κ2) is 10.00. The van der Waals surface area contributed by atoms with E-state index in [1.165, 1.54) is 6.07 Å². The second-order valence-corrected chi connectivity index (χ2v) is 8.83. The topological polar surface area (TPSA) is 53.5 Å². The quantitative estimate of drug-likeness (QED) is 0.583. The monoisotopic (exact) mass is 385 g/mol. The molecule has 0 radical (unpaired) electrons. The van der Waals surface area contributed by atoms with E-state index in [-0.39, 0.29) is 17.2 Å². The second-order valence-electron chi connectivity index (χ2n) is 6.83. The lowest BCUT2D eigenvalue weighted by molar-refractivity contribution is 0.413. The van der Waals surface area contributed by atoms with Crippen LogP contribution in [-0.2, 0) is 10.8 Å². The molecule has 1 aromatic rings. The Hall–Kier alpha value is -1.50. The first-order valence-electron chi connectivity index (χ1n) is 9.23. The van der Waals surface area contributed by atoms with Crippen LogP contribution in [0.5, 0.6) is 0 Å². The van der Waals surface area contributed by atoms with Crippen LogP contribution in [0.4, 0.5) is 8.78 Å². The highest BCUT2D eigenvalue weighted by atomic mass is 32.2. The lowest BCUT2D eigenvalue weighted by Crippen LogP contribution is -2.47. The van der Waals surface area contributed by atoms with E-state index in [0.29, 0.717) is 18.3 Å². The van der Waals surface area contributed by atoms with Crippen molar-refractivity contribution in [2.24, 2.45) is 4.99 Å². The van der Waals surface area contributed by atoms with Crippen molar-refractivity contribution in [3.63, 3.8) is 0 Å². The number of hydrogen-bond donors (Lipinski definition) is 2. The van der Waals surface area contributed by atoms with Gasteiger partial charge in [0.1, 0.15) is 0 Å². The maximum Gasteiger partial charge on any atom is 0.191 e. The van der Waals surface area contributed by atoms with Crippen LogP contribution >= 0.6 is 0 Å². The van der Waals surface area contributed by atoms with E-state index in [9.17, 15) is 13.0 Å². The number of nitrogens with zero attached hydrogens (tertiary/aromatic N) is 1. The maximum absolute atomic E-state index is 13.4. The summed E-state index contributed by atoms with van der Waals surface area (Å²) < 4.78 is 38.5. The number of halogens is 2. The van der Waals surface area contributed by atoms with Crippen LogP contribution in [-0.4, -0.2) is 40.8 Å². The van der Waals surface area contributed by atoms with Gasteiger partial charge in [0.05, 0.1) is 0 Å². The molecule has 2 rings (SSSR count). The van der Waals surface area contributed by atoms with E-state index in [1.54, 1.807) is 13.1 Å². The molecule has 4 unspecified atom stereocenters. The third-order valence-corrected chi connectivity index (χ3v) is 6.68.